The SMILES string of the molecule is CCN1C(=O)/C(=C2\C=Cc3cc(C)ccc3N2CC)SC1=NCc1ccccc1. The van der Waals surface area contributed by atoms with Gasteiger partial charge in [-0.2, -0.15) is 0 Å². The van der Waals surface area contributed by atoms with Gasteiger partial charge in [0.2, 0.25) is 0 Å². The van der Waals surface area contributed by atoms with E-state index in [9.17, 15) is 4.79 Å². The number of likely N-dealkylation sites (N-methyl/N-ethyl adjacent to an activating group) is 2. The molecule has 0 atom stereocenters. The second kappa shape index (κ2) is 8.29. The summed E-state index contributed by atoms with van der Waals surface area (Å²) in [5.41, 5.74) is 5.68. The van der Waals surface area contributed by atoms with Gasteiger partial charge in [0.1, 0.15) is 4.91 Å². The molecule has 2 aromatic rings. The molecule has 0 N–H and O–H groups in total. The highest BCUT2D eigenvalue weighted by Gasteiger charge is 2.36. The molecule has 5 heteroatoms. The Labute approximate surface area is 176 Å². The van der Waals surface area contributed by atoms with Crippen LogP contribution in [0.15, 0.2) is 70.2 Å². The molecule has 148 valence electrons. The molecule has 0 aromatic heterocycles. The molecule has 1 saturated heterocycles. The second-order valence-corrected chi connectivity index (χ2v) is 8.07. The van der Waals surface area contributed by atoms with Crippen molar-refractivity contribution >= 4 is 34.6 Å². The number of carbonyl (C=O) groups is 1. The summed E-state index contributed by atoms with van der Waals surface area (Å²) in [6.45, 7) is 8.21. The molecule has 0 spiro atoms. The third-order valence-electron chi connectivity index (χ3n) is 5.15. The summed E-state index contributed by atoms with van der Waals surface area (Å²) in [5.74, 6) is 0.0398. The van der Waals surface area contributed by atoms with Crippen LogP contribution < -0.4 is 4.90 Å². The number of amides is 1. The predicted molar refractivity (Wildman–Crippen MR) is 123 cm³/mol. The Hall–Kier alpha value is -2.79. The molecule has 0 aliphatic carbocycles. The van der Waals surface area contributed by atoms with Crippen molar-refractivity contribution in [2.24, 2.45) is 4.99 Å². The lowest BCUT2D eigenvalue weighted by Crippen LogP contribution is -2.31. The standard InChI is InChI=1S/C24H25N3OS/c1-4-26-20-13-11-17(3)15-19(20)12-14-21(26)22-23(28)27(5-2)24(29-22)25-16-18-9-7-6-8-10-18/h6-15H,4-5,16H2,1-3H3/b22-21-,25-24?. The molecule has 2 aliphatic heterocycles. The minimum atomic E-state index is 0.0398. The minimum Gasteiger partial charge on any atom is -0.340 e. The maximum Gasteiger partial charge on any atom is 0.268 e. The van der Waals surface area contributed by atoms with Crippen LogP contribution in [0.3, 0.4) is 0 Å². The molecule has 1 fully saturated rings. The van der Waals surface area contributed by atoms with Gasteiger partial charge in [-0.25, -0.2) is 0 Å². The minimum absolute atomic E-state index is 0.0398. The van der Waals surface area contributed by atoms with Crippen LogP contribution in [0.25, 0.3) is 6.08 Å². The van der Waals surface area contributed by atoms with Crippen LogP contribution in [0.2, 0.25) is 0 Å². The van der Waals surface area contributed by atoms with Crippen molar-refractivity contribution in [1.82, 2.24) is 4.90 Å². The summed E-state index contributed by atoms with van der Waals surface area (Å²) < 4.78 is 0. The fourth-order valence-corrected chi connectivity index (χ4v) is 4.79. The number of thioether (sulfide) groups is 1. The highest BCUT2D eigenvalue weighted by molar-refractivity contribution is 8.18. The van der Waals surface area contributed by atoms with Gasteiger partial charge in [-0.05, 0) is 61.9 Å². The first-order valence-corrected chi connectivity index (χ1v) is 10.8. The van der Waals surface area contributed by atoms with Crippen LogP contribution in [-0.4, -0.2) is 29.1 Å². The summed E-state index contributed by atoms with van der Waals surface area (Å²) >= 11 is 1.49. The highest BCUT2D eigenvalue weighted by atomic mass is 32.2. The van der Waals surface area contributed by atoms with E-state index < -0.39 is 0 Å². The fraction of sp³-hybridized carbons (Fsp3) is 0.250. The average Bonchev–Trinajstić information content (AvgIpc) is 3.07. The highest BCUT2D eigenvalue weighted by Crippen LogP contribution is 2.39. The molecule has 4 rings (SSSR count). The third kappa shape index (κ3) is 3.75. The number of aryl methyl sites for hydroxylation is 1. The van der Waals surface area contributed by atoms with Gasteiger partial charge >= 0.3 is 0 Å². The van der Waals surface area contributed by atoms with Crippen molar-refractivity contribution in [2.45, 2.75) is 27.3 Å². The predicted octanol–water partition coefficient (Wildman–Crippen LogP) is 5.21. The number of carbonyl (C=O) groups excluding carboxylic acids is 1. The van der Waals surface area contributed by atoms with E-state index in [-0.39, 0.29) is 5.91 Å². The van der Waals surface area contributed by atoms with Gasteiger partial charge in [0, 0.05) is 18.8 Å². The van der Waals surface area contributed by atoms with E-state index in [4.69, 9.17) is 4.99 Å². The summed E-state index contributed by atoms with van der Waals surface area (Å²) in [6.07, 6.45) is 4.18. The van der Waals surface area contributed by atoms with Crippen LogP contribution in [0.5, 0.6) is 0 Å². The molecule has 0 unspecified atom stereocenters. The van der Waals surface area contributed by atoms with Gasteiger partial charge in [-0.15, -0.1) is 0 Å². The van der Waals surface area contributed by atoms with E-state index in [1.807, 2.05) is 25.1 Å². The number of nitrogens with zero attached hydrogens (tertiary/aromatic N) is 3. The van der Waals surface area contributed by atoms with Crippen LogP contribution in [0.4, 0.5) is 5.69 Å². The average molecular weight is 404 g/mol. The molecule has 0 radical (unpaired) electrons. The summed E-state index contributed by atoms with van der Waals surface area (Å²) in [4.78, 5) is 22.7. The second-order valence-electron chi connectivity index (χ2n) is 7.09. The first kappa shape index (κ1) is 19.5. The van der Waals surface area contributed by atoms with Gasteiger partial charge in [-0.1, -0.05) is 48.0 Å². The normalized spacial score (nSPS) is 20.0. The first-order valence-electron chi connectivity index (χ1n) is 10.0. The van der Waals surface area contributed by atoms with E-state index in [2.05, 4.69) is 61.2 Å². The van der Waals surface area contributed by atoms with Crippen LogP contribution in [-0.2, 0) is 11.3 Å². The zero-order chi connectivity index (χ0) is 20.4. The number of aliphatic imine (C=N–C) groups is 1. The van der Waals surface area contributed by atoms with E-state index in [1.54, 1.807) is 4.90 Å². The fourth-order valence-electron chi connectivity index (χ4n) is 3.68. The van der Waals surface area contributed by atoms with Crippen molar-refractivity contribution in [1.29, 1.82) is 0 Å². The zero-order valence-corrected chi connectivity index (χ0v) is 17.9. The van der Waals surface area contributed by atoms with Crippen molar-refractivity contribution in [2.75, 3.05) is 18.0 Å². The number of anilines is 1. The lowest BCUT2D eigenvalue weighted by atomic mass is 10.0. The molecule has 2 aromatic carbocycles. The van der Waals surface area contributed by atoms with Gasteiger partial charge in [-0.3, -0.25) is 14.7 Å². The zero-order valence-electron chi connectivity index (χ0n) is 17.1. The molecule has 2 heterocycles. The summed E-state index contributed by atoms with van der Waals surface area (Å²) in [7, 11) is 0. The van der Waals surface area contributed by atoms with Crippen molar-refractivity contribution in [3.8, 4) is 0 Å². The van der Waals surface area contributed by atoms with Crippen LogP contribution >= 0.6 is 11.8 Å². The van der Waals surface area contributed by atoms with Gasteiger partial charge in [0.25, 0.3) is 5.91 Å². The molecular weight excluding hydrogens is 378 g/mol. The number of hydrogen-bond acceptors (Lipinski definition) is 4. The largest absolute Gasteiger partial charge is 0.340 e. The molecule has 4 nitrogen and oxygen atoms in total. The number of rotatable bonds is 4. The molecule has 2 aliphatic rings. The van der Waals surface area contributed by atoms with Gasteiger partial charge < -0.3 is 4.90 Å². The Morgan fingerprint density at radius 3 is 2.45 bits per heavy atom. The van der Waals surface area contributed by atoms with Crippen molar-refractivity contribution in [3.05, 3.63) is 81.9 Å². The first-order chi connectivity index (χ1) is 14.1. The van der Waals surface area contributed by atoms with E-state index >= 15 is 0 Å². The Balaban J connectivity index is 1.70. The van der Waals surface area contributed by atoms with E-state index in [1.165, 1.54) is 22.9 Å². The Morgan fingerprint density at radius 1 is 0.966 bits per heavy atom. The van der Waals surface area contributed by atoms with Gasteiger partial charge in [0.05, 0.1) is 12.2 Å². The quantitative estimate of drug-likeness (QED) is 0.658. The van der Waals surface area contributed by atoms with Crippen LogP contribution in [0, 0.1) is 6.92 Å². The van der Waals surface area contributed by atoms with Crippen LogP contribution in [0.1, 0.15) is 30.5 Å². The van der Waals surface area contributed by atoms with Crippen molar-refractivity contribution in [3.63, 3.8) is 0 Å². The van der Waals surface area contributed by atoms with Gasteiger partial charge in [0.15, 0.2) is 5.17 Å². The molecule has 1 amide bonds. The van der Waals surface area contributed by atoms with E-state index in [0.717, 1.165) is 33.6 Å². The topological polar surface area (TPSA) is 35.9 Å². The smallest absolute Gasteiger partial charge is 0.268 e. The summed E-state index contributed by atoms with van der Waals surface area (Å²) in [6, 6.07) is 16.6. The third-order valence-corrected chi connectivity index (χ3v) is 6.27. The number of hydrogen-bond donors (Lipinski definition) is 0. The Morgan fingerprint density at radius 2 is 1.72 bits per heavy atom. The lowest BCUT2D eigenvalue weighted by Gasteiger charge is -2.30. The maximum atomic E-state index is 13.2. The number of amidine groups is 1. The number of benzene rings is 2. The van der Waals surface area contributed by atoms with Crippen molar-refractivity contribution < 1.29 is 4.79 Å². The Kier molecular flexibility index (Phi) is 5.58. The molecular formula is C24H25N3OS. The molecule has 29 heavy (non-hydrogen) atoms. The number of allylic oxidation sites excluding steroid dienone is 1. The number of fused-ring (bicyclic) bond motifs is 1. The lowest BCUT2D eigenvalue weighted by molar-refractivity contribution is -0.122. The maximum absolute atomic E-state index is 13.2. The monoisotopic (exact) mass is 403 g/mol. The molecule has 0 bridgehead atoms. The molecule has 0 saturated carbocycles. The summed E-state index contributed by atoms with van der Waals surface area (Å²) in [5, 5.41) is 0.781. The Bertz CT molecular complexity index is 1020. The van der Waals surface area contributed by atoms with E-state index in [0.29, 0.717) is 13.1 Å².